The molecule has 0 aliphatic carbocycles. The van der Waals surface area contributed by atoms with Crippen molar-refractivity contribution in [3.05, 3.63) is 36.0 Å². The quantitative estimate of drug-likeness (QED) is 0.676. The van der Waals surface area contributed by atoms with Crippen LogP contribution in [0.4, 0.5) is 0 Å². The first kappa shape index (κ1) is 9.00. The molecular weight excluding hydrogens is 174 g/mol. The van der Waals surface area contributed by atoms with Crippen LogP contribution in [0.3, 0.4) is 0 Å². The number of carbonyl (C=O) groups excluding carboxylic acids is 1. The Morgan fingerprint density at radius 2 is 2.14 bits per heavy atom. The van der Waals surface area contributed by atoms with Crippen LogP contribution in [0.2, 0.25) is 0 Å². The molecule has 0 aliphatic rings. The summed E-state index contributed by atoms with van der Waals surface area (Å²) in [6, 6.07) is 10.4. The Morgan fingerprint density at radius 1 is 1.36 bits per heavy atom. The highest BCUT2D eigenvalue weighted by atomic mass is 16.1. The molecule has 1 aromatic carbocycles. The number of benzene rings is 1. The van der Waals surface area contributed by atoms with Crippen molar-refractivity contribution in [1.29, 1.82) is 0 Å². The standard InChI is InChI=1S/C12H13NO/c1-13-11(6-4-8-14)9-10-5-2-3-7-12(10)13/h2-3,5,7-9H,4,6H2,1H3. The van der Waals surface area contributed by atoms with E-state index in [4.69, 9.17) is 0 Å². The minimum Gasteiger partial charge on any atom is -0.348 e. The van der Waals surface area contributed by atoms with Gasteiger partial charge in [-0.3, -0.25) is 0 Å². The van der Waals surface area contributed by atoms with Crippen molar-refractivity contribution >= 4 is 17.2 Å². The lowest BCUT2D eigenvalue weighted by Crippen LogP contribution is -1.96. The number of hydrogen-bond acceptors (Lipinski definition) is 1. The number of rotatable bonds is 3. The van der Waals surface area contributed by atoms with Gasteiger partial charge in [0.15, 0.2) is 0 Å². The van der Waals surface area contributed by atoms with Crippen LogP contribution < -0.4 is 0 Å². The zero-order valence-corrected chi connectivity index (χ0v) is 8.23. The van der Waals surface area contributed by atoms with Gasteiger partial charge in [-0.1, -0.05) is 18.2 Å². The van der Waals surface area contributed by atoms with E-state index in [0.717, 1.165) is 12.7 Å². The van der Waals surface area contributed by atoms with Crippen LogP contribution in [-0.2, 0) is 18.3 Å². The van der Waals surface area contributed by atoms with Crippen LogP contribution >= 0.6 is 0 Å². The molecule has 0 bridgehead atoms. The SMILES string of the molecule is Cn1c(CCC=O)cc2ccccc21. The van der Waals surface area contributed by atoms with E-state index in [-0.39, 0.29) is 0 Å². The van der Waals surface area contributed by atoms with Gasteiger partial charge in [-0.2, -0.15) is 0 Å². The molecule has 2 rings (SSSR count). The van der Waals surface area contributed by atoms with E-state index in [1.165, 1.54) is 16.6 Å². The number of nitrogens with zero attached hydrogens (tertiary/aromatic N) is 1. The molecule has 0 radical (unpaired) electrons. The van der Waals surface area contributed by atoms with E-state index in [1.54, 1.807) is 0 Å². The second-order valence-corrected chi connectivity index (χ2v) is 3.46. The average molecular weight is 187 g/mol. The molecule has 1 heterocycles. The fourth-order valence-corrected chi connectivity index (χ4v) is 1.79. The number of aldehydes is 1. The molecule has 2 heteroatoms. The highest BCUT2D eigenvalue weighted by Crippen LogP contribution is 2.18. The Balaban J connectivity index is 2.46. The first-order valence-corrected chi connectivity index (χ1v) is 4.80. The molecule has 0 N–H and O–H groups in total. The van der Waals surface area contributed by atoms with Crippen molar-refractivity contribution in [2.24, 2.45) is 7.05 Å². The van der Waals surface area contributed by atoms with Crippen molar-refractivity contribution < 1.29 is 4.79 Å². The van der Waals surface area contributed by atoms with Crippen LogP contribution in [0.1, 0.15) is 12.1 Å². The van der Waals surface area contributed by atoms with Gasteiger partial charge < -0.3 is 9.36 Å². The number of hydrogen-bond donors (Lipinski definition) is 0. The molecule has 0 aliphatic heterocycles. The molecule has 0 saturated heterocycles. The highest BCUT2D eigenvalue weighted by molar-refractivity contribution is 5.81. The Labute approximate surface area is 83.2 Å². The van der Waals surface area contributed by atoms with E-state index in [2.05, 4.69) is 22.8 Å². The largest absolute Gasteiger partial charge is 0.348 e. The van der Waals surface area contributed by atoms with Crippen molar-refractivity contribution in [3.8, 4) is 0 Å². The van der Waals surface area contributed by atoms with Gasteiger partial charge in [0, 0.05) is 24.7 Å². The molecule has 2 aromatic rings. The molecule has 0 unspecified atom stereocenters. The van der Waals surface area contributed by atoms with Gasteiger partial charge in [0.2, 0.25) is 0 Å². The van der Waals surface area contributed by atoms with Gasteiger partial charge in [-0.05, 0) is 23.9 Å². The third kappa shape index (κ3) is 1.43. The van der Waals surface area contributed by atoms with E-state index in [0.29, 0.717) is 6.42 Å². The average Bonchev–Trinajstić information content (AvgIpc) is 2.54. The van der Waals surface area contributed by atoms with Gasteiger partial charge >= 0.3 is 0 Å². The number of aryl methyl sites for hydroxylation is 2. The van der Waals surface area contributed by atoms with Crippen LogP contribution in [-0.4, -0.2) is 10.9 Å². The van der Waals surface area contributed by atoms with Crippen molar-refractivity contribution in [2.75, 3.05) is 0 Å². The number of aromatic nitrogens is 1. The minimum absolute atomic E-state index is 0.601. The smallest absolute Gasteiger partial charge is 0.120 e. The van der Waals surface area contributed by atoms with E-state index >= 15 is 0 Å². The summed E-state index contributed by atoms with van der Waals surface area (Å²) in [7, 11) is 2.04. The lowest BCUT2D eigenvalue weighted by atomic mass is 10.2. The maximum absolute atomic E-state index is 10.3. The fraction of sp³-hybridized carbons (Fsp3) is 0.250. The van der Waals surface area contributed by atoms with Crippen molar-refractivity contribution in [3.63, 3.8) is 0 Å². The summed E-state index contributed by atoms with van der Waals surface area (Å²) in [5.74, 6) is 0. The normalized spacial score (nSPS) is 10.6. The topological polar surface area (TPSA) is 22.0 Å². The first-order chi connectivity index (χ1) is 6.83. The second kappa shape index (κ2) is 3.66. The molecule has 72 valence electrons. The van der Waals surface area contributed by atoms with Gasteiger partial charge in [0.25, 0.3) is 0 Å². The lowest BCUT2D eigenvalue weighted by molar-refractivity contribution is -0.107. The Kier molecular flexibility index (Phi) is 2.35. The summed E-state index contributed by atoms with van der Waals surface area (Å²) in [5.41, 5.74) is 2.45. The minimum atomic E-state index is 0.601. The third-order valence-corrected chi connectivity index (χ3v) is 2.57. The molecule has 0 amide bonds. The van der Waals surface area contributed by atoms with E-state index in [9.17, 15) is 4.79 Å². The van der Waals surface area contributed by atoms with Crippen LogP contribution in [0.15, 0.2) is 30.3 Å². The Morgan fingerprint density at radius 3 is 2.86 bits per heavy atom. The molecule has 0 spiro atoms. The van der Waals surface area contributed by atoms with Gasteiger partial charge in [-0.25, -0.2) is 0 Å². The summed E-state index contributed by atoms with van der Waals surface area (Å²) in [6.07, 6.45) is 2.40. The zero-order valence-electron chi connectivity index (χ0n) is 8.23. The van der Waals surface area contributed by atoms with Crippen LogP contribution in [0.25, 0.3) is 10.9 Å². The number of fused-ring (bicyclic) bond motifs is 1. The Hall–Kier alpha value is -1.57. The summed E-state index contributed by atoms with van der Waals surface area (Å²) in [4.78, 5) is 10.3. The maximum atomic E-state index is 10.3. The molecule has 0 saturated carbocycles. The van der Waals surface area contributed by atoms with E-state index < -0.39 is 0 Å². The summed E-state index contributed by atoms with van der Waals surface area (Å²) >= 11 is 0. The zero-order chi connectivity index (χ0) is 9.97. The molecular formula is C12H13NO. The maximum Gasteiger partial charge on any atom is 0.120 e. The first-order valence-electron chi connectivity index (χ1n) is 4.80. The number of carbonyl (C=O) groups is 1. The molecule has 14 heavy (non-hydrogen) atoms. The fourth-order valence-electron chi connectivity index (χ4n) is 1.79. The van der Waals surface area contributed by atoms with Crippen LogP contribution in [0.5, 0.6) is 0 Å². The highest BCUT2D eigenvalue weighted by Gasteiger charge is 2.03. The summed E-state index contributed by atoms with van der Waals surface area (Å²) in [5, 5.41) is 1.25. The molecule has 1 aromatic heterocycles. The van der Waals surface area contributed by atoms with Crippen molar-refractivity contribution in [1.82, 2.24) is 4.57 Å². The molecule has 0 atom stereocenters. The van der Waals surface area contributed by atoms with Gasteiger partial charge in [0.05, 0.1) is 0 Å². The van der Waals surface area contributed by atoms with Crippen LogP contribution in [0, 0.1) is 0 Å². The predicted octanol–water partition coefficient (Wildman–Crippen LogP) is 2.31. The van der Waals surface area contributed by atoms with Gasteiger partial charge in [-0.15, -0.1) is 0 Å². The lowest BCUT2D eigenvalue weighted by Gasteiger charge is -2.00. The summed E-state index contributed by atoms with van der Waals surface area (Å²) in [6.45, 7) is 0. The Bertz CT molecular complexity index is 456. The second-order valence-electron chi connectivity index (χ2n) is 3.46. The molecule has 0 fully saturated rings. The predicted molar refractivity (Wildman–Crippen MR) is 57.3 cm³/mol. The monoisotopic (exact) mass is 187 g/mol. The van der Waals surface area contributed by atoms with Crippen molar-refractivity contribution in [2.45, 2.75) is 12.8 Å². The molecule has 2 nitrogen and oxygen atoms in total. The van der Waals surface area contributed by atoms with E-state index in [1.807, 2.05) is 19.2 Å². The summed E-state index contributed by atoms with van der Waals surface area (Å²) < 4.78 is 2.15. The van der Waals surface area contributed by atoms with Gasteiger partial charge in [0.1, 0.15) is 6.29 Å². The third-order valence-electron chi connectivity index (χ3n) is 2.57. The number of para-hydroxylation sites is 1.